The molecule has 0 aromatic rings. The summed E-state index contributed by atoms with van der Waals surface area (Å²) in [5, 5.41) is 12.3. The van der Waals surface area contributed by atoms with Gasteiger partial charge < -0.3 is 10.1 Å². The highest BCUT2D eigenvalue weighted by molar-refractivity contribution is 4.85. The molecule has 98 valence electrons. The summed E-state index contributed by atoms with van der Waals surface area (Å²) in [5.41, 5.74) is 0.213. The van der Waals surface area contributed by atoms with Gasteiger partial charge in [0.25, 0.3) is 0 Å². The SMILES string of the molecule is CC(C)(CCC#N)CNC1CCOC(C)(C)C1. The Morgan fingerprint density at radius 3 is 2.76 bits per heavy atom. The minimum absolute atomic E-state index is 0.00666. The van der Waals surface area contributed by atoms with Crippen LogP contribution < -0.4 is 5.32 Å². The molecule has 1 aliphatic rings. The Hall–Kier alpha value is -0.590. The van der Waals surface area contributed by atoms with E-state index in [1.807, 2.05) is 0 Å². The first-order valence-corrected chi connectivity index (χ1v) is 6.59. The third kappa shape index (κ3) is 5.52. The van der Waals surface area contributed by atoms with Crippen molar-refractivity contribution in [1.29, 1.82) is 5.26 Å². The zero-order chi connectivity index (χ0) is 12.9. The summed E-state index contributed by atoms with van der Waals surface area (Å²) in [7, 11) is 0. The van der Waals surface area contributed by atoms with Gasteiger partial charge in [-0.1, -0.05) is 13.8 Å². The average Bonchev–Trinajstić information content (AvgIpc) is 2.23. The molecule has 0 amide bonds. The Morgan fingerprint density at radius 2 is 2.18 bits per heavy atom. The van der Waals surface area contributed by atoms with Crippen molar-refractivity contribution in [3.8, 4) is 6.07 Å². The summed E-state index contributed by atoms with van der Waals surface area (Å²) in [6, 6.07) is 2.78. The molecule has 1 saturated heterocycles. The fraction of sp³-hybridized carbons (Fsp3) is 0.929. The monoisotopic (exact) mass is 238 g/mol. The predicted octanol–water partition coefficient (Wildman–Crippen LogP) is 2.86. The van der Waals surface area contributed by atoms with Crippen LogP contribution in [-0.4, -0.2) is 24.8 Å². The van der Waals surface area contributed by atoms with Crippen LogP contribution in [0.25, 0.3) is 0 Å². The molecule has 1 rings (SSSR count). The van der Waals surface area contributed by atoms with E-state index in [0.717, 1.165) is 32.4 Å². The van der Waals surface area contributed by atoms with E-state index in [9.17, 15) is 0 Å². The van der Waals surface area contributed by atoms with Crippen LogP contribution in [0, 0.1) is 16.7 Å². The summed E-state index contributed by atoms with van der Waals surface area (Å²) < 4.78 is 5.71. The van der Waals surface area contributed by atoms with Gasteiger partial charge in [0.15, 0.2) is 0 Å². The van der Waals surface area contributed by atoms with Gasteiger partial charge in [-0.2, -0.15) is 5.26 Å². The Kier molecular flexibility index (Phi) is 4.97. The number of ether oxygens (including phenoxy) is 1. The highest BCUT2D eigenvalue weighted by atomic mass is 16.5. The molecule has 3 nitrogen and oxygen atoms in total. The molecule has 1 aliphatic heterocycles. The molecule has 0 aromatic carbocycles. The van der Waals surface area contributed by atoms with Crippen LogP contribution in [-0.2, 0) is 4.74 Å². The van der Waals surface area contributed by atoms with Crippen molar-refractivity contribution < 1.29 is 4.74 Å². The lowest BCUT2D eigenvalue weighted by Crippen LogP contribution is -2.46. The molecule has 1 unspecified atom stereocenters. The van der Waals surface area contributed by atoms with Crippen molar-refractivity contribution in [2.45, 2.75) is 65.0 Å². The van der Waals surface area contributed by atoms with Gasteiger partial charge in [-0.15, -0.1) is 0 Å². The second kappa shape index (κ2) is 5.84. The molecule has 3 heteroatoms. The molecule has 0 aromatic heterocycles. The molecule has 0 bridgehead atoms. The molecular formula is C14H26N2O. The molecule has 1 atom stereocenters. The average molecular weight is 238 g/mol. The van der Waals surface area contributed by atoms with Crippen molar-refractivity contribution in [3.63, 3.8) is 0 Å². The standard InChI is InChI=1S/C14H26N2O/c1-13(2,7-5-8-15)11-16-12-6-9-17-14(3,4)10-12/h12,16H,5-7,9-11H2,1-4H3. The summed E-state index contributed by atoms with van der Waals surface area (Å²) in [6.07, 6.45) is 3.77. The summed E-state index contributed by atoms with van der Waals surface area (Å²) in [5.74, 6) is 0. The van der Waals surface area contributed by atoms with Gasteiger partial charge in [0, 0.05) is 25.6 Å². The predicted molar refractivity (Wildman–Crippen MR) is 69.7 cm³/mol. The van der Waals surface area contributed by atoms with E-state index in [1.54, 1.807) is 0 Å². The zero-order valence-electron chi connectivity index (χ0n) is 11.7. The van der Waals surface area contributed by atoms with E-state index in [2.05, 4.69) is 39.1 Å². The van der Waals surface area contributed by atoms with Crippen molar-refractivity contribution >= 4 is 0 Å². The Balaban J connectivity index is 2.32. The quantitative estimate of drug-likeness (QED) is 0.801. The van der Waals surface area contributed by atoms with Crippen LogP contribution in [0.5, 0.6) is 0 Å². The van der Waals surface area contributed by atoms with Crippen molar-refractivity contribution in [2.75, 3.05) is 13.2 Å². The van der Waals surface area contributed by atoms with Gasteiger partial charge in [-0.3, -0.25) is 0 Å². The highest BCUT2D eigenvalue weighted by Gasteiger charge is 2.29. The minimum atomic E-state index is 0.00666. The van der Waals surface area contributed by atoms with Crippen LogP contribution in [0.15, 0.2) is 0 Å². The van der Waals surface area contributed by atoms with Crippen LogP contribution >= 0.6 is 0 Å². The normalized spacial score (nSPS) is 24.3. The van der Waals surface area contributed by atoms with E-state index in [4.69, 9.17) is 10.00 Å². The molecule has 0 aliphatic carbocycles. The van der Waals surface area contributed by atoms with Crippen LogP contribution in [0.2, 0.25) is 0 Å². The van der Waals surface area contributed by atoms with Gasteiger partial charge in [0.2, 0.25) is 0 Å². The first-order valence-electron chi connectivity index (χ1n) is 6.59. The third-order valence-corrected chi connectivity index (χ3v) is 3.48. The fourth-order valence-electron chi connectivity index (χ4n) is 2.31. The highest BCUT2D eigenvalue weighted by Crippen LogP contribution is 2.26. The second-order valence-corrected chi connectivity index (χ2v) is 6.50. The number of nitriles is 1. The van der Waals surface area contributed by atoms with Gasteiger partial charge >= 0.3 is 0 Å². The molecule has 1 N–H and O–H groups in total. The van der Waals surface area contributed by atoms with Crippen molar-refractivity contribution in [1.82, 2.24) is 5.32 Å². The number of nitrogens with zero attached hydrogens (tertiary/aromatic N) is 1. The zero-order valence-corrected chi connectivity index (χ0v) is 11.7. The maximum absolute atomic E-state index is 8.63. The lowest BCUT2D eigenvalue weighted by molar-refractivity contribution is -0.0637. The maximum Gasteiger partial charge on any atom is 0.0641 e. The first kappa shape index (κ1) is 14.5. The summed E-state index contributed by atoms with van der Waals surface area (Å²) in [4.78, 5) is 0. The van der Waals surface area contributed by atoms with Gasteiger partial charge in [-0.05, 0) is 38.5 Å². The first-order chi connectivity index (χ1) is 7.85. The molecule has 0 radical (unpaired) electrons. The van der Waals surface area contributed by atoms with Gasteiger partial charge in [0.1, 0.15) is 0 Å². The largest absolute Gasteiger partial charge is 0.375 e. The summed E-state index contributed by atoms with van der Waals surface area (Å²) >= 11 is 0. The van der Waals surface area contributed by atoms with Crippen LogP contribution in [0.4, 0.5) is 0 Å². The van der Waals surface area contributed by atoms with E-state index >= 15 is 0 Å². The molecule has 1 heterocycles. The maximum atomic E-state index is 8.63. The van der Waals surface area contributed by atoms with Gasteiger partial charge in [-0.25, -0.2) is 0 Å². The van der Waals surface area contributed by atoms with Crippen LogP contribution in [0.3, 0.4) is 0 Å². The Labute approximate surface area is 106 Å². The number of rotatable bonds is 5. The third-order valence-electron chi connectivity index (χ3n) is 3.48. The van der Waals surface area contributed by atoms with E-state index in [-0.39, 0.29) is 11.0 Å². The van der Waals surface area contributed by atoms with E-state index in [1.165, 1.54) is 0 Å². The molecular weight excluding hydrogens is 212 g/mol. The summed E-state index contributed by atoms with van der Waals surface area (Å²) in [6.45, 7) is 10.6. The Bertz CT molecular complexity index is 278. The number of hydrogen-bond acceptors (Lipinski definition) is 3. The fourth-order valence-corrected chi connectivity index (χ4v) is 2.31. The number of nitrogens with one attached hydrogen (secondary N) is 1. The lowest BCUT2D eigenvalue weighted by atomic mass is 9.86. The minimum Gasteiger partial charge on any atom is -0.375 e. The van der Waals surface area contributed by atoms with Crippen molar-refractivity contribution in [2.24, 2.45) is 5.41 Å². The number of hydrogen-bond donors (Lipinski definition) is 1. The van der Waals surface area contributed by atoms with Crippen molar-refractivity contribution in [3.05, 3.63) is 0 Å². The molecule has 0 spiro atoms. The lowest BCUT2D eigenvalue weighted by Gasteiger charge is -2.37. The van der Waals surface area contributed by atoms with E-state index < -0.39 is 0 Å². The molecule has 1 fully saturated rings. The van der Waals surface area contributed by atoms with E-state index in [0.29, 0.717) is 12.5 Å². The smallest absolute Gasteiger partial charge is 0.0641 e. The Morgan fingerprint density at radius 1 is 1.47 bits per heavy atom. The molecule has 17 heavy (non-hydrogen) atoms. The topological polar surface area (TPSA) is 45.0 Å². The molecule has 0 saturated carbocycles. The second-order valence-electron chi connectivity index (χ2n) is 6.50. The van der Waals surface area contributed by atoms with Gasteiger partial charge in [0.05, 0.1) is 11.7 Å². The van der Waals surface area contributed by atoms with Crippen LogP contribution in [0.1, 0.15) is 53.4 Å².